The maximum atomic E-state index is 6.05. The van der Waals surface area contributed by atoms with E-state index in [1.165, 1.54) is 0 Å². The lowest BCUT2D eigenvalue weighted by atomic mass is 10.1. The van der Waals surface area contributed by atoms with Gasteiger partial charge in [0.2, 0.25) is 0 Å². The molecule has 1 aromatic carbocycles. The molecule has 2 rings (SSSR count). The molecule has 1 aliphatic rings. The third-order valence-electron chi connectivity index (χ3n) is 4.37. The van der Waals surface area contributed by atoms with Crippen LogP contribution in [0.1, 0.15) is 33.1 Å². The van der Waals surface area contributed by atoms with Crippen molar-refractivity contribution in [1.29, 1.82) is 0 Å². The number of halogens is 1. The highest BCUT2D eigenvalue weighted by atomic mass is 127. The van der Waals surface area contributed by atoms with Crippen LogP contribution in [0, 0.1) is 5.92 Å². The van der Waals surface area contributed by atoms with Crippen LogP contribution in [0.25, 0.3) is 0 Å². The summed E-state index contributed by atoms with van der Waals surface area (Å²) in [7, 11) is 1.84. The Kier molecular flexibility index (Phi) is 11.7. The molecule has 1 heterocycles. The third-order valence-corrected chi connectivity index (χ3v) is 4.37. The van der Waals surface area contributed by atoms with Crippen molar-refractivity contribution in [2.75, 3.05) is 39.9 Å². The van der Waals surface area contributed by atoms with E-state index in [2.05, 4.69) is 29.1 Å². The number of likely N-dealkylation sites (tertiary alicyclic amines) is 1. The summed E-state index contributed by atoms with van der Waals surface area (Å²) in [4.78, 5) is 6.71. The van der Waals surface area contributed by atoms with Gasteiger partial charge in [-0.2, -0.15) is 0 Å². The van der Waals surface area contributed by atoms with Gasteiger partial charge in [0.25, 0.3) is 0 Å². The van der Waals surface area contributed by atoms with Crippen molar-refractivity contribution in [1.82, 2.24) is 10.2 Å². The molecule has 0 saturated carbocycles. The Balaban J connectivity index is 0.00000338. The largest absolute Gasteiger partial charge is 0.490 e. The molecular weight excluding hydrogens is 441 g/mol. The summed E-state index contributed by atoms with van der Waals surface area (Å²) in [6, 6.07) is 10.1. The molecule has 1 aliphatic heterocycles. The van der Waals surface area contributed by atoms with Gasteiger partial charge in [0.15, 0.2) is 5.96 Å². The number of ether oxygens (including phenoxy) is 2. The van der Waals surface area contributed by atoms with E-state index < -0.39 is 0 Å². The molecule has 148 valence electrons. The Morgan fingerprint density at radius 3 is 2.50 bits per heavy atom. The first-order valence-corrected chi connectivity index (χ1v) is 9.44. The van der Waals surface area contributed by atoms with Gasteiger partial charge in [-0.3, -0.25) is 4.99 Å². The molecule has 1 N–H and O–H groups in total. The summed E-state index contributed by atoms with van der Waals surface area (Å²) in [5.74, 6) is 2.62. The minimum absolute atomic E-state index is 0. The fourth-order valence-electron chi connectivity index (χ4n) is 2.87. The maximum Gasteiger partial charge on any atom is 0.193 e. The summed E-state index contributed by atoms with van der Waals surface area (Å²) in [6.45, 7) is 8.71. The van der Waals surface area contributed by atoms with Gasteiger partial charge in [0, 0.05) is 46.1 Å². The molecular formula is C20H34IN3O2. The summed E-state index contributed by atoms with van der Waals surface area (Å²) >= 11 is 0. The topological polar surface area (TPSA) is 46.1 Å². The number of para-hydroxylation sites is 1. The average Bonchev–Trinajstić information content (AvgIpc) is 2.63. The number of hydrogen-bond donors (Lipinski definition) is 1. The zero-order valence-electron chi connectivity index (χ0n) is 16.3. The zero-order valence-corrected chi connectivity index (χ0v) is 18.6. The van der Waals surface area contributed by atoms with Crippen LogP contribution < -0.4 is 10.1 Å². The predicted octanol–water partition coefficient (Wildman–Crippen LogP) is 3.79. The Hall–Kier alpha value is -1.02. The second-order valence-electron chi connectivity index (χ2n) is 6.89. The first-order valence-electron chi connectivity index (χ1n) is 9.44. The zero-order chi connectivity index (χ0) is 17.9. The van der Waals surface area contributed by atoms with E-state index >= 15 is 0 Å². The Labute approximate surface area is 175 Å². The molecule has 1 saturated heterocycles. The normalized spacial score (nSPS) is 15.7. The van der Waals surface area contributed by atoms with Gasteiger partial charge in [-0.25, -0.2) is 0 Å². The summed E-state index contributed by atoms with van der Waals surface area (Å²) in [5, 5.41) is 3.40. The highest BCUT2D eigenvalue weighted by Gasteiger charge is 2.22. The van der Waals surface area contributed by atoms with Gasteiger partial charge in [0.05, 0.1) is 6.61 Å². The van der Waals surface area contributed by atoms with Crippen molar-refractivity contribution in [3.8, 4) is 5.75 Å². The average molecular weight is 475 g/mol. The van der Waals surface area contributed by atoms with Gasteiger partial charge >= 0.3 is 0 Å². The molecule has 5 nitrogen and oxygen atoms in total. The maximum absolute atomic E-state index is 6.05. The second kappa shape index (κ2) is 13.2. The van der Waals surface area contributed by atoms with Crippen LogP contribution in [0.15, 0.2) is 35.3 Å². The quantitative estimate of drug-likeness (QED) is 0.269. The van der Waals surface area contributed by atoms with Crippen LogP contribution in [0.5, 0.6) is 5.75 Å². The van der Waals surface area contributed by atoms with Crippen LogP contribution in [0.2, 0.25) is 0 Å². The van der Waals surface area contributed by atoms with Crippen molar-refractivity contribution in [2.45, 2.75) is 39.2 Å². The Morgan fingerprint density at radius 1 is 1.19 bits per heavy atom. The first-order chi connectivity index (χ1) is 12.2. The number of rotatable bonds is 8. The lowest BCUT2D eigenvalue weighted by Gasteiger charge is -2.34. The van der Waals surface area contributed by atoms with Crippen molar-refractivity contribution < 1.29 is 9.47 Å². The number of nitrogens with zero attached hydrogens (tertiary/aromatic N) is 2. The molecule has 0 unspecified atom stereocenters. The third kappa shape index (κ3) is 8.58. The van der Waals surface area contributed by atoms with Crippen LogP contribution in [0.3, 0.4) is 0 Å². The van der Waals surface area contributed by atoms with E-state index in [4.69, 9.17) is 9.47 Å². The van der Waals surface area contributed by atoms with Crippen LogP contribution >= 0.6 is 24.0 Å². The lowest BCUT2D eigenvalue weighted by Crippen LogP contribution is -2.48. The standard InChI is InChI=1S/C20H33N3O2.HI/c1-17(2)11-15-24-16-12-22-20(21-3)23-13-9-19(10-14-23)25-18-7-5-4-6-8-18;/h4-8,17,19H,9-16H2,1-3H3,(H,21,22);1H. The fourth-order valence-corrected chi connectivity index (χ4v) is 2.87. The van der Waals surface area contributed by atoms with Crippen molar-refractivity contribution >= 4 is 29.9 Å². The van der Waals surface area contributed by atoms with Gasteiger partial charge in [-0.05, 0) is 24.5 Å². The highest BCUT2D eigenvalue weighted by molar-refractivity contribution is 14.0. The molecule has 0 bridgehead atoms. The van der Waals surface area contributed by atoms with Gasteiger partial charge < -0.3 is 19.7 Å². The summed E-state index contributed by atoms with van der Waals surface area (Å²) in [5.41, 5.74) is 0. The van der Waals surface area contributed by atoms with Crippen LogP contribution in [-0.2, 0) is 4.74 Å². The number of piperidine rings is 1. The highest BCUT2D eigenvalue weighted by Crippen LogP contribution is 2.18. The summed E-state index contributed by atoms with van der Waals surface area (Å²) < 4.78 is 11.7. The first kappa shape index (κ1) is 23.0. The molecule has 1 fully saturated rings. The number of aliphatic imine (C=N–C) groups is 1. The smallest absolute Gasteiger partial charge is 0.193 e. The minimum atomic E-state index is 0. The molecule has 26 heavy (non-hydrogen) atoms. The molecule has 0 atom stereocenters. The predicted molar refractivity (Wildman–Crippen MR) is 119 cm³/mol. The number of nitrogens with one attached hydrogen (secondary N) is 1. The molecule has 0 aromatic heterocycles. The molecule has 0 aliphatic carbocycles. The van der Waals surface area contributed by atoms with E-state index in [9.17, 15) is 0 Å². The van der Waals surface area contributed by atoms with Crippen molar-refractivity contribution in [2.24, 2.45) is 10.9 Å². The number of benzene rings is 1. The van der Waals surface area contributed by atoms with Gasteiger partial charge in [-0.15, -0.1) is 24.0 Å². The van der Waals surface area contributed by atoms with Gasteiger partial charge in [0.1, 0.15) is 11.9 Å². The fraction of sp³-hybridized carbons (Fsp3) is 0.650. The number of hydrogen-bond acceptors (Lipinski definition) is 3. The van der Waals surface area contributed by atoms with E-state index in [1.807, 2.05) is 37.4 Å². The molecule has 0 spiro atoms. The van der Waals surface area contributed by atoms with E-state index in [0.717, 1.165) is 63.8 Å². The van der Waals surface area contributed by atoms with E-state index in [1.54, 1.807) is 0 Å². The van der Waals surface area contributed by atoms with Crippen molar-refractivity contribution in [3.63, 3.8) is 0 Å². The Morgan fingerprint density at radius 2 is 1.88 bits per heavy atom. The van der Waals surface area contributed by atoms with E-state index in [-0.39, 0.29) is 30.1 Å². The van der Waals surface area contributed by atoms with Crippen molar-refractivity contribution in [3.05, 3.63) is 30.3 Å². The summed E-state index contributed by atoms with van der Waals surface area (Å²) in [6.07, 6.45) is 3.43. The number of guanidine groups is 1. The van der Waals surface area contributed by atoms with Gasteiger partial charge in [-0.1, -0.05) is 32.0 Å². The molecule has 0 amide bonds. The van der Waals surface area contributed by atoms with E-state index in [0.29, 0.717) is 5.92 Å². The second-order valence-corrected chi connectivity index (χ2v) is 6.89. The molecule has 0 radical (unpaired) electrons. The van der Waals surface area contributed by atoms with Crippen LogP contribution in [0.4, 0.5) is 0 Å². The van der Waals surface area contributed by atoms with Crippen LogP contribution in [-0.4, -0.2) is 56.9 Å². The minimum Gasteiger partial charge on any atom is -0.490 e. The molecule has 1 aromatic rings. The molecule has 6 heteroatoms. The SMILES string of the molecule is CN=C(NCCOCCC(C)C)N1CCC(Oc2ccccc2)CC1.I. The lowest BCUT2D eigenvalue weighted by molar-refractivity contribution is 0.122. The Bertz CT molecular complexity index is 503. The monoisotopic (exact) mass is 475 g/mol.